The number of hydrogen-bond donors (Lipinski definition) is 1. The molecule has 1 atom stereocenters. The molecule has 3 rings (SSSR count). The standard InChI is InChI=1S/C25H28NOP.2ClH.Ti/c1-18-10-8-14-21(17-26-25(2,3)4)24(18)28-22-15-9-13-20(23(22)27)16-19-11-6-5-7-12-19;;;/h5-15,17,27-28H,16H2,1-4H3;2*1H;/q;;;+2/p-2. The number of aromatic hydroxyl groups is 1. The van der Waals surface area contributed by atoms with Gasteiger partial charge in [0.25, 0.3) is 0 Å². The number of aliphatic imine (C=N–C) groups is 1. The maximum absolute atomic E-state index is 10.9. The fraction of sp³-hybridized carbons (Fsp3) is 0.240. The van der Waals surface area contributed by atoms with Crippen LogP contribution in [0.25, 0.3) is 0 Å². The Bertz CT molecular complexity index is 1000. The van der Waals surface area contributed by atoms with Crippen LogP contribution in [0.4, 0.5) is 0 Å². The quantitative estimate of drug-likeness (QED) is 0.238. The molecule has 3 aromatic carbocycles. The van der Waals surface area contributed by atoms with Crippen molar-refractivity contribution in [1.29, 1.82) is 0 Å². The predicted molar refractivity (Wildman–Crippen MR) is 135 cm³/mol. The molecule has 0 aliphatic carbocycles. The first-order valence-corrected chi connectivity index (χ1v) is 15.3. The SMILES string of the molecule is Cc1cccc(C=NC(C)(C)C)c1Pc1cccc(Cc2ccccc2)c1O.[Cl][Ti][Cl]. The minimum atomic E-state index is -0.556. The van der Waals surface area contributed by atoms with E-state index in [0.717, 1.165) is 22.9 Å². The van der Waals surface area contributed by atoms with Crippen molar-refractivity contribution in [3.63, 3.8) is 0 Å². The third-order valence-corrected chi connectivity index (χ3v) is 6.12. The van der Waals surface area contributed by atoms with E-state index >= 15 is 0 Å². The molecule has 2 nitrogen and oxygen atoms in total. The van der Waals surface area contributed by atoms with Crippen LogP contribution in [-0.4, -0.2) is 16.9 Å². The van der Waals surface area contributed by atoms with Crippen molar-refractivity contribution in [2.45, 2.75) is 39.7 Å². The van der Waals surface area contributed by atoms with Gasteiger partial charge in [0.1, 0.15) is 5.75 Å². The molecule has 1 unspecified atom stereocenters. The minimum absolute atomic E-state index is 0.109. The van der Waals surface area contributed by atoms with Crippen molar-refractivity contribution in [2.75, 3.05) is 0 Å². The first-order valence-electron chi connectivity index (χ1n) is 9.98. The van der Waals surface area contributed by atoms with Gasteiger partial charge in [0.05, 0.1) is 5.54 Å². The topological polar surface area (TPSA) is 32.6 Å². The van der Waals surface area contributed by atoms with Crippen LogP contribution in [0.5, 0.6) is 5.75 Å². The first kappa shape index (κ1) is 26.1. The third kappa shape index (κ3) is 8.72. The van der Waals surface area contributed by atoms with E-state index in [-0.39, 0.29) is 5.54 Å². The Morgan fingerprint density at radius 2 is 1.61 bits per heavy atom. The van der Waals surface area contributed by atoms with Crippen LogP contribution in [0.3, 0.4) is 0 Å². The summed E-state index contributed by atoms with van der Waals surface area (Å²) in [5.41, 5.74) is 4.41. The average Bonchev–Trinajstić information content (AvgIpc) is 2.72. The molecule has 0 radical (unpaired) electrons. The zero-order valence-corrected chi connectivity index (χ0v) is 22.4. The summed E-state index contributed by atoms with van der Waals surface area (Å²) in [6.07, 6.45) is 2.71. The Morgan fingerprint density at radius 3 is 2.26 bits per heavy atom. The second-order valence-corrected chi connectivity index (χ2v) is 12.0. The second kappa shape index (κ2) is 12.8. The first-order chi connectivity index (χ1) is 14.7. The summed E-state index contributed by atoms with van der Waals surface area (Å²) in [5.74, 6) is 0.409. The van der Waals surface area contributed by atoms with E-state index in [1.165, 1.54) is 16.4 Å². The number of rotatable bonds is 5. The van der Waals surface area contributed by atoms with Crippen molar-refractivity contribution >= 4 is 44.0 Å². The van der Waals surface area contributed by atoms with E-state index in [0.29, 0.717) is 14.3 Å². The van der Waals surface area contributed by atoms with Gasteiger partial charge >= 0.3 is 35.6 Å². The second-order valence-electron chi connectivity index (χ2n) is 8.14. The Balaban J connectivity index is 0.00000107. The monoisotopic (exact) mass is 507 g/mol. The van der Waals surface area contributed by atoms with Gasteiger partial charge in [-0.15, -0.1) is 0 Å². The van der Waals surface area contributed by atoms with Crippen molar-refractivity contribution in [3.05, 3.63) is 89.0 Å². The van der Waals surface area contributed by atoms with Gasteiger partial charge in [-0.25, -0.2) is 0 Å². The number of aryl methyl sites for hydroxylation is 1. The van der Waals surface area contributed by atoms with Crippen molar-refractivity contribution in [3.8, 4) is 5.75 Å². The maximum atomic E-state index is 10.9. The Morgan fingerprint density at radius 1 is 0.968 bits per heavy atom. The van der Waals surface area contributed by atoms with Gasteiger partial charge in [-0.1, -0.05) is 75.3 Å². The predicted octanol–water partition coefficient (Wildman–Crippen LogP) is 6.51. The van der Waals surface area contributed by atoms with Gasteiger partial charge in [0.2, 0.25) is 0 Å². The van der Waals surface area contributed by atoms with Gasteiger partial charge < -0.3 is 5.11 Å². The van der Waals surface area contributed by atoms with Crippen molar-refractivity contribution in [1.82, 2.24) is 0 Å². The summed E-state index contributed by atoms with van der Waals surface area (Å²) < 4.78 is 0. The molecule has 162 valence electrons. The van der Waals surface area contributed by atoms with E-state index in [2.05, 4.69) is 63.0 Å². The van der Waals surface area contributed by atoms with E-state index < -0.39 is 17.0 Å². The molecule has 0 saturated heterocycles. The van der Waals surface area contributed by atoms with Crippen LogP contribution in [0, 0.1) is 6.92 Å². The van der Waals surface area contributed by atoms with Gasteiger partial charge in [0, 0.05) is 23.5 Å². The summed E-state index contributed by atoms with van der Waals surface area (Å²) in [7, 11) is 10.2. The normalized spacial score (nSPS) is 11.5. The molecule has 0 amide bonds. The molecular weight excluding hydrogens is 480 g/mol. The molecule has 0 aromatic heterocycles. The van der Waals surface area contributed by atoms with Gasteiger partial charge in [-0.2, -0.15) is 0 Å². The number of benzene rings is 3. The summed E-state index contributed by atoms with van der Waals surface area (Å²) in [6.45, 7) is 8.42. The van der Waals surface area contributed by atoms with Crippen LogP contribution < -0.4 is 10.6 Å². The van der Waals surface area contributed by atoms with Crippen molar-refractivity contribution < 1.29 is 22.1 Å². The molecule has 31 heavy (non-hydrogen) atoms. The van der Waals surface area contributed by atoms with E-state index in [9.17, 15) is 5.11 Å². The number of halogens is 2. The third-order valence-electron chi connectivity index (χ3n) is 4.51. The number of para-hydroxylation sites is 1. The number of phenolic OH excluding ortho intramolecular Hbond substituents is 1. The van der Waals surface area contributed by atoms with Crippen LogP contribution in [0.15, 0.2) is 71.7 Å². The zero-order valence-electron chi connectivity index (χ0n) is 18.3. The van der Waals surface area contributed by atoms with Crippen LogP contribution in [0.2, 0.25) is 0 Å². The molecule has 0 aliphatic heterocycles. The van der Waals surface area contributed by atoms with E-state index in [1.54, 1.807) is 0 Å². The van der Waals surface area contributed by atoms with Crippen molar-refractivity contribution in [2.24, 2.45) is 4.99 Å². The number of hydrogen-bond acceptors (Lipinski definition) is 2. The van der Waals surface area contributed by atoms with Crippen LogP contribution in [-0.2, 0) is 23.5 Å². The Labute approximate surface area is 204 Å². The van der Waals surface area contributed by atoms with Crippen LogP contribution in [0.1, 0.15) is 43.0 Å². The molecule has 1 N–H and O–H groups in total. The summed E-state index contributed by atoms with van der Waals surface area (Å²) in [5, 5.41) is 13.1. The van der Waals surface area contributed by atoms with E-state index in [4.69, 9.17) is 18.6 Å². The fourth-order valence-corrected chi connectivity index (χ4v) is 4.32. The summed E-state index contributed by atoms with van der Waals surface area (Å²) in [4.78, 5) is 4.68. The molecule has 0 saturated carbocycles. The molecule has 0 fully saturated rings. The molecule has 0 spiro atoms. The molecule has 0 bridgehead atoms. The molecular formula is C25H28Cl2NOPTi. The molecule has 0 heterocycles. The fourth-order valence-electron chi connectivity index (χ4n) is 3.02. The van der Waals surface area contributed by atoms with Gasteiger partial charge in [-0.3, -0.25) is 4.99 Å². The summed E-state index contributed by atoms with van der Waals surface area (Å²) >= 11 is -0.556. The number of nitrogens with zero attached hydrogens (tertiary/aromatic N) is 1. The number of phenols is 1. The average molecular weight is 508 g/mol. The molecule has 6 heteroatoms. The molecule has 3 aromatic rings. The van der Waals surface area contributed by atoms with Gasteiger partial charge in [-0.05, 0) is 49.7 Å². The molecule has 0 aliphatic rings. The Hall–Kier alpha value is -1.15. The van der Waals surface area contributed by atoms with Gasteiger partial charge in [0.15, 0.2) is 0 Å². The Kier molecular flexibility index (Phi) is 10.8. The zero-order chi connectivity index (χ0) is 22.9. The van der Waals surface area contributed by atoms with Crippen LogP contribution >= 0.6 is 27.2 Å². The van der Waals surface area contributed by atoms with E-state index in [1.807, 2.05) is 42.6 Å². The summed E-state index contributed by atoms with van der Waals surface area (Å²) in [6, 6.07) is 22.7.